The molecule has 2 heterocycles. The van der Waals surface area contributed by atoms with Gasteiger partial charge in [0.2, 0.25) is 10.0 Å². The van der Waals surface area contributed by atoms with Gasteiger partial charge in [0, 0.05) is 31.0 Å². The predicted octanol–water partition coefficient (Wildman–Crippen LogP) is 2.41. The molecule has 142 valence electrons. The maximum absolute atomic E-state index is 12.7. The number of benzene rings is 1. The van der Waals surface area contributed by atoms with Crippen molar-refractivity contribution in [1.29, 1.82) is 0 Å². The van der Waals surface area contributed by atoms with Gasteiger partial charge in [-0.25, -0.2) is 13.8 Å². The molecule has 0 radical (unpaired) electrons. The number of rotatable bonds is 5. The van der Waals surface area contributed by atoms with Crippen molar-refractivity contribution in [3.63, 3.8) is 0 Å². The number of piperidine rings is 1. The number of nitrogens with zero attached hydrogens (tertiary/aromatic N) is 3. The van der Waals surface area contributed by atoms with E-state index >= 15 is 0 Å². The van der Waals surface area contributed by atoms with Crippen LogP contribution in [0, 0.1) is 0 Å². The number of hydrazone groups is 1. The molecule has 7 nitrogen and oxygen atoms in total. The summed E-state index contributed by atoms with van der Waals surface area (Å²) in [6.07, 6.45) is 5.95. The molecule has 1 saturated heterocycles. The van der Waals surface area contributed by atoms with Gasteiger partial charge in [0.25, 0.3) is 5.91 Å². The van der Waals surface area contributed by atoms with E-state index in [1.54, 1.807) is 47.6 Å². The maximum Gasteiger partial charge on any atom is 0.271 e. The van der Waals surface area contributed by atoms with Crippen LogP contribution in [-0.4, -0.2) is 42.4 Å². The fourth-order valence-corrected chi connectivity index (χ4v) is 4.41. The fourth-order valence-electron chi connectivity index (χ4n) is 2.89. The van der Waals surface area contributed by atoms with Gasteiger partial charge in [-0.2, -0.15) is 9.41 Å². The minimum atomic E-state index is -3.45. The highest BCUT2D eigenvalue weighted by Gasteiger charge is 2.25. The third-order valence-corrected chi connectivity index (χ3v) is 6.41. The number of pyridine rings is 1. The molecule has 0 atom stereocenters. The Hall–Kier alpha value is -2.58. The van der Waals surface area contributed by atoms with Gasteiger partial charge in [-0.1, -0.05) is 18.6 Å². The molecule has 1 amide bonds. The van der Waals surface area contributed by atoms with Crippen LogP contribution in [0.3, 0.4) is 0 Å². The average molecular weight is 386 g/mol. The van der Waals surface area contributed by atoms with Gasteiger partial charge in [-0.15, -0.1) is 0 Å². The standard InChI is InChI=1S/C19H22N4O3S/c1-15(21-22-19(24)17-9-11-20-12-10-17)16-5-7-18(8-6-16)27(25,26)23-13-3-2-4-14-23/h5-12H,2-4,13-14H2,1H3,(H,22,24)/b21-15-. The Balaban J connectivity index is 1.70. The number of amides is 1. The molecule has 1 aromatic heterocycles. The van der Waals surface area contributed by atoms with E-state index in [1.165, 1.54) is 12.4 Å². The zero-order valence-electron chi connectivity index (χ0n) is 15.1. The van der Waals surface area contributed by atoms with Gasteiger partial charge < -0.3 is 0 Å². The van der Waals surface area contributed by atoms with Crippen LogP contribution in [-0.2, 0) is 10.0 Å². The van der Waals surface area contributed by atoms with Crippen LogP contribution >= 0.6 is 0 Å². The van der Waals surface area contributed by atoms with Crippen LogP contribution in [0.5, 0.6) is 0 Å². The molecule has 0 spiro atoms. The molecule has 27 heavy (non-hydrogen) atoms. The largest absolute Gasteiger partial charge is 0.271 e. The fraction of sp³-hybridized carbons (Fsp3) is 0.316. The van der Waals surface area contributed by atoms with Crippen molar-refractivity contribution in [3.05, 3.63) is 59.9 Å². The number of sulfonamides is 1. The van der Waals surface area contributed by atoms with E-state index in [2.05, 4.69) is 15.5 Å². The number of nitrogens with one attached hydrogen (secondary N) is 1. The zero-order chi connectivity index (χ0) is 19.3. The molecule has 0 aliphatic carbocycles. The molecular formula is C19H22N4O3S. The number of hydrogen-bond acceptors (Lipinski definition) is 5. The molecule has 0 bridgehead atoms. The number of hydrogen-bond donors (Lipinski definition) is 1. The van der Waals surface area contributed by atoms with Gasteiger partial charge in [0.05, 0.1) is 10.6 Å². The predicted molar refractivity (Wildman–Crippen MR) is 103 cm³/mol. The maximum atomic E-state index is 12.7. The van der Waals surface area contributed by atoms with Crippen LogP contribution in [0.25, 0.3) is 0 Å². The average Bonchev–Trinajstić information content (AvgIpc) is 2.73. The lowest BCUT2D eigenvalue weighted by Crippen LogP contribution is -2.35. The van der Waals surface area contributed by atoms with E-state index in [9.17, 15) is 13.2 Å². The van der Waals surface area contributed by atoms with Crippen LogP contribution in [0.4, 0.5) is 0 Å². The van der Waals surface area contributed by atoms with Crippen molar-refractivity contribution >= 4 is 21.6 Å². The molecule has 1 fully saturated rings. The minimum Gasteiger partial charge on any atom is -0.267 e. The van der Waals surface area contributed by atoms with E-state index in [-0.39, 0.29) is 10.8 Å². The van der Waals surface area contributed by atoms with Gasteiger partial charge in [-0.05, 0) is 49.6 Å². The highest BCUT2D eigenvalue weighted by atomic mass is 32.2. The third-order valence-electron chi connectivity index (χ3n) is 4.49. The first-order valence-corrected chi connectivity index (χ1v) is 10.3. The van der Waals surface area contributed by atoms with Crippen molar-refractivity contribution in [1.82, 2.24) is 14.7 Å². The molecule has 1 aliphatic heterocycles. The van der Waals surface area contributed by atoms with Crippen LogP contribution < -0.4 is 5.43 Å². The normalized spacial score (nSPS) is 16.1. The van der Waals surface area contributed by atoms with Crippen molar-refractivity contribution in [2.24, 2.45) is 5.10 Å². The summed E-state index contributed by atoms with van der Waals surface area (Å²) in [5.41, 5.74) is 4.27. The van der Waals surface area contributed by atoms with Gasteiger partial charge in [0.1, 0.15) is 0 Å². The molecule has 0 unspecified atom stereocenters. The lowest BCUT2D eigenvalue weighted by molar-refractivity contribution is 0.0954. The summed E-state index contributed by atoms with van der Waals surface area (Å²) in [7, 11) is -3.45. The van der Waals surface area contributed by atoms with Crippen LogP contribution in [0.2, 0.25) is 0 Å². The Bertz CT molecular complexity index is 919. The topological polar surface area (TPSA) is 91.7 Å². The second kappa shape index (κ2) is 8.41. The first kappa shape index (κ1) is 19.2. The van der Waals surface area contributed by atoms with Crippen molar-refractivity contribution in [2.75, 3.05) is 13.1 Å². The van der Waals surface area contributed by atoms with Gasteiger partial charge in [0.15, 0.2) is 0 Å². The summed E-state index contributed by atoms with van der Waals surface area (Å²) in [6.45, 7) is 2.90. The number of aromatic nitrogens is 1. The third kappa shape index (κ3) is 4.58. The van der Waals surface area contributed by atoms with Gasteiger partial charge >= 0.3 is 0 Å². The highest BCUT2D eigenvalue weighted by Crippen LogP contribution is 2.21. The summed E-state index contributed by atoms with van der Waals surface area (Å²) >= 11 is 0. The lowest BCUT2D eigenvalue weighted by Gasteiger charge is -2.25. The number of carbonyl (C=O) groups is 1. The van der Waals surface area contributed by atoms with Crippen LogP contribution in [0.1, 0.15) is 42.1 Å². The van der Waals surface area contributed by atoms with Crippen molar-refractivity contribution in [3.8, 4) is 0 Å². The first-order valence-electron chi connectivity index (χ1n) is 8.84. The second-order valence-electron chi connectivity index (χ2n) is 6.36. The SMILES string of the molecule is C/C(=N/NC(=O)c1ccncc1)c1ccc(S(=O)(=O)N2CCCCC2)cc1. The van der Waals surface area contributed by atoms with Crippen molar-refractivity contribution < 1.29 is 13.2 Å². The van der Waals surface area contributed by atoms with E-state index in [0.717, 1.165) is 24.8 Å². The Kier molecular flexibility index (Phi) is 5.98. The summed E-state index contributed by atoms with van der Waals surface area (Å²) < 4.78 is 26.9. The summed E-state index contributed by atoms with van der Waals surface area (Å²) in [6, 6.07) is 9.77. The summed E-state index contributed by atoms with van der Waals surface area (Å²) in [5.74, 6) is -0.332. The number of carbonyl (C=O) groups excluding carboxylic acids is 1. The molecule has 0 saturated carbocycles. The summed E-state index contributed by atoms with van der Waals surface area (Å²) in [5, 5.41) is 4.09. The molecule has 1 aliphatic rings. The lowest BCUT2D eigenvalue weighted by atomic mass is 10.1. The molecule has 3 rings (SSSR count). The van der Waals surface area contributed by atoms with E-state index in [4.69, 9.17) is 0 Å². The van der Waals surface area contributed by atoms with Crippen molar-refractivity contribution in [2.45, 2.75) is 31.1 Å². The van der Waals surface area contributed by atoms with E-state index in [0.29, 0.717) is 24.4 Å². The van der Waals surface area contributed by atoms with Gasteiger partial charge in [-0.3, -0.25) is 9.78 Å². The molecular weight excluding hydrogens is 364 g/mol. The van der Waals surface area contributed by atoms with Crippen LogP contribution in [0.15, 0.2) is 58.8 Å². The molecule has 8 heteroatoms. The quantitative estimate of drug-likeness (QED) is 0.631. The Morgan fingerprint density at radius 2 is 1.63 bits per heavy atom. The molecule has 2 aromatic rings. The van der Waals surface area contributed by atoms with E-state index in [1.807, 2.05) is 0 Å². The molecule has 1 aromatic carbocycles. The summed E-state index contributed by atoms with van der Waals surface area (Å²) in [4.78, 5) is 16.2. The Morgan fingerprint density at radius 1 is 1.00 bits per heavy atom. The minimum absolute atomic E-state index is 0.279. The van der Waals surface area contributed by atoms with E-state index < -0.39 is 10.0 Å². The monoisotopic (exact) mass is 386 g/mol. The zero-order valence-corrected chi connectivity index (χ0v) is 15.9. The smallest absolute Gasteiger partial charge is 0.267 e. The second-order valence-corrected chi connectivity index (χ2v) is 8.30. The Morgan fingerprint density at radius 3 is 2.26 bits per heavy atom. The Labute approximate surface area is 159 Å². The molecule has 1 N–H and O–H groups in total. The first-order chi connectivity index (χ1) is 13.0. The highest BCUT2D eigenvalue weighted by molar-refractivity contribution is 7.89.